The summed E-state index contributed by atoms with van der Waals surface area (Å²) in [6.07, 6.45) is 8.11. The number of anilines is 4. The lowest BCUT2D eigenvalue weighted by molar-refractivity contribution is -0.133. The molecule has 4 amide bonds. The summed E-state index contributed by atoms with van der Waals surface area (Å²) in [5.41, 5.74) is 2.37. The first-order chi connectivity index (χ1) is 27.7. The Kier molecular flexibility index (Phi) is 11.5. The van der Waals surface area contributed by atoms with E-state index in [0.29, 0.717) is 54.2 Å². The Labute approximate surface area is 330 Å². The first kappa shape index (κ1) is 38.5. The highest BCUT2D eigenvalue weighted by Gasteiger charge is 2.33. The van der Waals surface area contributed by atoms with Gasteiger partial charge in [-0.3, -0.25) is 24.6 Å². The van der Waals surface area contributed by atoms with Crippen molar-refractivity contribution in [3.8, 4) is 11.3 Å². The number of halogens is 2. The van der Waals surface area contributed by atoms with Crippen LogP contribution in [0.3, 0.4) is 0 Å². The normalized spacial score (nSPS) is 23.9. The Hall–Kier alpha value is -5.38. The third-order valence-electron chi connectivity index (χ3n) is 12.1. The van der Waals surface area contributed by atoms with Crippen molar-refractivity contribution in [1.82, 2.24) is 25.5 Å². The highest BCUT2D eigenvalue weighted by atomic mass is 19.1. The summed E-state index contributed by atoms with van der Waals surface area (Å²) in [7, 11) is 0. The van der Waals surface area contributed by atoms with Crippen molar-refractivity contribution >= 4 is 46.8 Å². The maximum absolute atomic E-state index is 15.2. The number of carbonyl (C=O) groups is 4. The fourth-order valence-electron chi connectivity index (χ4n) is 8.86. The molecule has 0 bridgehead atoms. The highest BCUT2D eigenvalue weighted by Crippen LogP contribution is 2.31. The summed E-state index contributed by atoms with van der Waals surface area (Å²) >= 11 is 0. The molecule has 302 valence electrons. The van der Waals surface area contributed by atoms with E-state index in [2.05, 4.69) is 41.0 Å². The van der Waals surface area contributed by atoms with Gasteiger partial charge in [-0.1, -0.05) is 12.1 Å². The number of piperidine rings is 3. The minimum absolute atomic E-state index is 0.0146. The molecule has 14 nitrogen and oxygen atoms in total. The van der Waals surface area contributed by atoms with E-state index in [1.165, 1.54) is 11.0 Å². The van der Waals surface area contributed by atoms with E-state index in [1.807, 2.05) is 0 Å². The van der Waals surface area contributed by atoms with Gasteiger partial charge >= 0.3 is 6.09 Å². The van der Waals surface area contributed by atoms with Crippen molar-refractivity contribution in [1.29, 1.82) is 0 Å². The second kappa shape index (κ2) is 17.0. The Morgan fingerprint density at radius 2 is 1.60 bits per heavy atom. The molecule has 1 aliphatic carbocycles. The van der Waals surface area contributed by atoms with Crippen LogP contribution in [-0.4, -0.2) is 102 Å². The number of hydrogen-bond acceptors (Lipinski definition) is 11. The summed E-state index contributed by atoms with van der Waals surface area (Å²) in [5.74, 6) is -1.12. The quantitative estimate of drug-likeness (QED) is 0.209. The number of imide groups is 1. The Bertz CT molecular complexity index is 1980. The molecular weight excluding hydrogens is 737 g/mol. The fourth-order valence-corrected chi connectivity index (χ4v) is 8.86. The van der Waals surface area contributed by atoms with Gasteiger partial charge in [-0.15, -0.1) is 0 Å². The van der Waals surface area contributed by atoms with Gasteiger partial charge in [0.2, 0.25) is 23.7 Å². The lowest BCUT2D eigenvalue weighted by atomic mass is 9.89. The number of ether oxygens (including phenoxy) is 1. The van der Waals surface area contributed by atoms with Crippen LogP contribution in [0.4, 0.5) is 36.6 Å². The second-order valence-corrected chi connectivity index (χ2v) is 15.8. The van der Waals surface area contributed by atoms with Crippen LogP contribution in [0, 0.1) is 17.6 Å². The van der Waals surface area contributed by atoms with Crippen LogP contribution in [0.15, 0.2) is 48.7 Å². The standard InChI is InChI=1S/C41H49F2N9O5/c42-32-23-29(45-34-9-11-36(53)48-39(34)55)8-10-35(32)51-18-14-30(15-19-51)50-16-12-25(13-17-50)38(54)46-27-4-6-28(7-5-27)47-40-44-24-33(43)37(49-40)26-2-1-3-31(22-26)52-20-21-57-41(52)56/h1-3,8,10,22-25,27-28,30,34,45H,4-7,9,11-21H2,(H,46,54)(H,44,47,49)(H,48,53,55). The van der Waals surface area contributed by atoms with Gasteiger partial charge in [0.25, 0.3) is 0 Å². The monoisotopic (exact) mass is 785 g/mol. The molecule has 2 aromatic carbocycles. The minimum atomic E-state index is -0.563. The summed E-state index contributed by atoms with van der Waals surface area (Å²) in [6, 6.07) is 12.0. The molecule has 5 aliphatic rings. The van der Waals surface area contributed by atoms with E-state index in [4.69, 9.17) is 4.74 Å². The van der Waals surface area contributed by atoms with Crippen molar-refractivity contribution in [3.63, 3.8) is 0 Å². The minimum Gasteiger partial charge on any atom is -0.447 e. The number of hydrogen-bond donors (Lipinski definition) is 4. The average molecular weight is 786 g/mol. The van der Waals surface area contributed by atoms with Crippen LogP contribution >= 0.6 is 0 Å². The molecule has 0 spiro atoms. The number of nitrogens with one attached hydrogen (secondary N) is 4. The third-order valence-corrected chi connectivity index (χ3v) is 12.1. The molecule has 1 atom stereocenters. The molecule has 1 aromatic heterocycles. The van der Waals surface area contributed by atoms with Crippen molar-refractivity contribution in [3.05, 3.63) is 60.3 Å². The predicted octanol–water partition coefficient (Wildman–Crippen LogP) is 4.82. The van der Waals surface area contributed by atoms with E-state index in [1.54, 1.807) is 36.4 Å². The smallest absolute Gasteiger partial charge is 0.414 e. The molecule has 57 heavy (non-hydrogen) atoms. The van der Waals surface area contributed by atoms with Gasteiger partial charge in [-0.05, 0) is 101 Å². The van der Waals surface area contributed by atoms with Crippen molar-refractivity contribution in [2.75, 3.05) is 59.8 Å². The molecule has 1 unspecified atom stereocenters. The summed E-state index contributed by atoms with van der Waals surface area (Å²) < 4.78 is 35.2. The zero-order valence-corrected chi connectivity index (χ0v) is 31.9. The molecule has 5 fully saturated rings. The lowest BCUT2D eigenvalue weighted by Crippen LogP contribution is -2.50. The van der Waals surface area contributed by atoms with E-state index in [-0.39, 0.29) is 53.7 Å². The van der Waals surface area contributed by atoms with Crippen molar-refractivity contribution in [2.45, 2.75) is 88.4 Å². The summed E-state index contributed by atoms with van der Waals surface area (Å²) in [6.45, 7) is 3.95. The maximum atomic E-state index is 15.2. The highest BCUT2D eigenvalue weighted by molar-refractivity contribution is 6.01. The number of likely N-dealkylation sites (tertiary alicyclic amines) is 1. The molecule has 4 aliphatic heterocycles. The molecule has 8 rings (SSSR count). The van der Waals surface area contributed by atoms with Gasteiger partial charge in [0.15, 0.2) is 5.82 Å². The largest absolute Gasteiger partial charge is 0.447 e. The Morgan fingerprint density at radius 3 is 2.32 bits per heavy atom. The molecule has 1 saturated carbocycles. The van der Waals surface area contributed by atoms with Gasteiger partial charge in [0.05, 0.1) is 18.4 Å². The van der Waals surface area contributed by atoms with Gasteiger partial charge in [0, 0.05) is 60.5 Å². The number of nitrogens with zero attached hydrogens (tertiary/aromatic N) is 5. The number of carbonyl (C=O) groups excluding carboxylic acids is 4. The SMILES string of the molecule is O=C1CCC(Nc2ccc(N3CCC(N4CCC(C(=O)NC5CCC(Nc6ncc(F)c(-c7cccc(N8CCOC8=O)c7)n6)CC5)CC4)CC3)c(F)c2)C(=O)N1. The van der Waals surface area contributed by atoms with Gasteiger partial charge in [-0.2, -0.15) is 0 Å². The lowest BCUT2D eigenvalue weighted by Gasteiger charge is -2.42. The zero-order chi connectivity index (χ0) is 39.5. The summed E-state index contributed by atoms with van der Waals surface area (Å²) in [4.78, 5) is 63.7. The van der Waals surface area contributed by atoms with Gasteiger partial charge in [0.1, 0.15) is 24.2 Å². The third kappa shape index (κ3) is 8.95. The molecule has 16 heteroatoms. The number of aromatic nitrogens is 2. The summed E-state index contributed by atoms with van der Waals surface area (Å²) in [5, 5.41) is 12.0. The molecular formula is C41H49F2N9O5. The van der Waals surface area contributed by atoms with E-state index in [0.717, 1.165) is 83.7 Å². The van der Waals surface area contributed by atoms with E-state index in [9.17, 15) is 23.6 Å². The Balaban J connectivity index is 0.753. The average Bonchev–Trinajstić information content (AvgIpc) is 3.66. The van der Waals surface area contributed by atoms with Crippen LogP contribution in [-0.2, 0) is 19.1 Å². The second-order valence-electron chi connectivity index (χ2n) is 15.8. The molecule has 4 saturated heterocycles. The van der Waals surface area contributed by atoms with Crippen LogP contribution in [0.1, 0.15) is 64.2 Å². The van der Waals surface area contributed by atoms with Gasteiger partial charge in [-0.25, -0.2) is 23.5 Å². The molecule has 3 aromatic rings. The van der Waals surface area contributed by atoms with E-state index >= 15 is 4.39 Å². The van der Waals surface area contributed by atoms with E-state index < -0.39 is 18.0 Å². The molecule has 0 radical (unpaired) electrons. The number of benzene rings is 2. The number of amides is 4. The molecule has 5 heterocycles. The first-order valence-corrected chi connectivity index (χ1v) is 20.2. The van der Waals surface area contributed by atoms with Gasteiger partial charge < -0.3 is 30.5 Å². The first-order valence-electron chi connectivity index (χ1n) is 20.2. The van der Waals surface area contributed by atoms with Crippen LogP contribution in [0.5, 0.6) is 0 Å². The topological polar surface area (TPSA) is 161 Å². The zero-order valence-electron chi connectivity index (χ0n) is 31.9. The van der Waals surface area contributed by atoms with Crippen molar-refractivity contribution in [2.24, 2.45) is 5.92 Å². The van der Waals surface area contributed by atoms with Crippen molar-refractivity contribution < 1.29 is 32.7 Å². The fraction of sp³-hybridized carbons (Fsp3) is 0.512. The predicted molar refractivity (Wildman–Crippen MR) is 210 cm³/mol. The van der Waals surface area contributed by atoms with Crippen LogP contribution < -0.4 is 31.1 Å². The molecule has 4 N–H and O–H groups in total. The number of cyclic esters (lactones) is 1. The number of rotatable bonds is 10. The van der Waals surface area contributed by atoms with Crippen LogP contribution in [0.2, 0.25) is 0 Å². The maximum Gasteiger partial charge on any atom is 0.414 e. The Morgan fingerprint density at radius 1 is 0.825 bits per heavy atom. The van der Waals surface area contributed by atoms with Crippen LogP contribution in [0.25, 0.3) is 11.3 Å².